The van der Waals surface area contributed by atoms with Crippen molar-refractivity contribution in [2.75, 3.05) is 0 Å². The monoisotopic (exact) mass is 322 g/mol. The van der Waals surface area contributed by atoms with Gasteiger partial charge in [-0.15, -0.1) is 13.2 Å². The smallest absolute Gasteiger partial charge is 0.508 e. The predicted octanol–water partition coefficient (Wildman–Crippen LogP) is 4.98. The molecule has 1 N–H and O–H groups in total. The largest absolute Gasteiger partial charge is 0.573 e. The Labute approximate surface area is 120 Å². The molecule has 2 nitrogen and oxygen atoms in total. The van der Waals surface area contributed by atoms with Crippen LogP contribution in [0.1, 0.15) is 5.56 Å². The Hall–Kier alpha value is -2.38. The van der Waals surface area contributed by atoms with Crippen LogP contribution in [-0.2, 0) is 6.18 Å². The third-order valence-corrected chi connectivity index (χ3v) is 2.67. The highest BCUT2D eigenvalue weighted by Gasteiger charge is 2.32. The zero-order valence-electron chi connectivity index (χ0n) is 10.7. The molecule has 0 bridgehead atoms. The molecule has 118 valence electrons. The van der Waals surface area contributed by atoms with E-state index in [1.54, 1.807) is 0 Å². The van der Waals surface area contributed by atoms with E-state index in [0.29, 0.717) is 0 Å². The summed E-state index contributed by atoms with van der Waals surface area (Å²) in [7, 11) is 0. The van der Waals surface area contributed by atoms with Gasteiger partial charge in [0.05, 0.1) is 5.56 Å². The third kappa shape index (κ3) is 4.06. The molecule has 0 aromatic heterocycles. The number of halogens is 6. The van der Waals surface area contributed by atoms with Crippen LogP contribution in [0.3, 0.4) is 0 Å². The van der Waals surface area contributed by atoms with Gasteiger partial charge in [0.2, 0.25) is 0 Å². The van der Waals surface area contributed by atoms with E-state index in [1.165, 1.54) is 0 Å². The van der Waals surface area contributed by atoms with Crippen LogP contribution in [0.25, 0.3) is 11.1 Å². The minimum Gasteiger partial charge on any atom is -0.508 e. The molecule has 22 heavy (non-hydrogen) atoms. The van der Waals surface area contributed by atoms with E-state index in [-0.39, 0.29) is 11.1 Å². The number of rotatable bonds is 2. The van der Waals surface area contributed by atoms with Gasteiger partial charge in [0.25, 0.3) is 0 Å². The van der Waals surface area contributed by atoms with Crippen LogP contribution >= 0.6 is 0 Å². The van der Waals surface area contributed by atoms with E-state index in [0.717, 1.165) is 42.5 Å². The highest BCUT2D eigenvalue weighted by Crippen LogP contribution is 2.34. The second kappa shape index (κ2) is 5.43. The Kier molecular flexibility index (Phi) is 3.95. The number of hydrogen-bond acceptors (Lipinski definition) is 2. The molecule has 0 saturated heterocycles. The Bertz CT molecular complexity index is 659. The van der Waals surface area contributed by atoms with Gasteiger partial charge in [0.1, 0.15) is 11.5 Å². The number of phenolic OH excluding ortho intramolecular Hbond substituents is 1. The summed E-state index contributed by atoms with van der Waals surface area (Å²) in [5.41, 5.74) is -0.591. The van der Waals surface area contributed by atoms with Crippen LogP contribution in [0.15, 0.2) is 42.5 Å². The average molecular weight is 322 g/mol. The third-order valence-electron chi connectivity index (χ3n) is 2.67. The van der Waals surface area contributed by atoms with Gasteiger partial charge in [-0.05, 0) is 35.4 Å². The molecule has 0 aliphatic rings. The lowest BCUT2D eigenvalue weighted by Gasteiger charge is -2.12. The summed E-state index contributed by atoms with van der Waals surface area (Å²) in [6.07, 6.45) is -9.45. The summed E-state index contributed by atoms with van der Waals surface area (Å²) in [6.45, 7) is 0. The van der Waals surface area contributed by atoms with Gasteiger partial charge in [0, 0.05) is 6.07 Å². The number of benzene rings is 2. The highest BCUT2D eigenvalue weighted by molar-refractivity contribution is 5.67. The standard InChI is InChI=1S/C14H8F6O2/c15-13(16,17)10-3-1-8(2-4-10)9-5-11(21)7-12(6-9)22-14(18,19)20/h1-7,21H. The summed E-state index contributed by atoms with van der Waals surface area (Å²) in [6, 6.07) is 6.61. The van der Waals surface area contributed by atoms with Gasteiger partial charge in [-0.1, -0.05) is 12.1 Å². The van der Waals surface area contributed by atoms with E-state index in [2.05, 4.69) is 4.74 Å². The molecule has 0 spiro atoms. The molecule has 2 rings (SSSR count). The van der Waals surface area contributed by atoms with E-state index in [4.69, 9.17) is 0 Å². The maximum atomic E-state index is 12.5. The first kappa shape index (κ1) is 16.0. The SMILES string of the molecule is Oc1cc(OC(F)(F)F)cc(-c2ccc(C(F)(F)F)cc2)c1. The molecule has 2 aromatic carbocycles. The fourth-order valence-corrected chi connectivity index (χ4v) is 1.79. The van der Waals surface area contributed by atoms with E-state index in [9.17, 15) is 31.4 Å². The number of ether oxygens (including phenoxy) is 1. The molecule has 0 amide bonds. The zero-order valence-corrected chi connectivity index (χ0v) is 10.7. The lowest BCUT2D eigenvalue weighted by atomic mass is 10.0. The van der Waals surface area contributed by atoms with Crippen molar-refractivity contribution in [1.82, 2.24) is 0 Å². The van der Waals surface area contributed by atoms with Crippen molar-refractivity contribution in [2.24, 2.45) is 0 Å². The van der Waals surface area contributed by atoms with Crippen molar-refractivity contribution in [2.45, 2.75) is 12.5 Å². The van der Waals surface area contributed by atoms with Gasteiger partial charge >= 0.3 is 12.5 Å². The minimum absolute atomic E-state index is 0.0907. The Balaban J connectivity index is 2.36. The van der Waals surface area contributed by atoms with Crippen molar-refractivity contribution in [3.05, 3.63) is 48.0 Å². The quantitative estimate of drug-likeness (QED) is 0.791. The second-order valence-electron chi connectivity index (χ2n) is 4.34. The maximum Gasteiger partial charge on any atom is 0.573 e. The molecule has 0 heterocycles. The van der Waals surface area contributed by atoms with Crippen LogP contribution < -0.4 is 4.74 Å². The Morgan fingerprint density at radius 2 is 1.36 bits per heavy atom. The first-order valence-electron chi connectivity index (χ1n) is 5.82. The molecule has 0 radical (unpaired) electrons. The van der Waals surface area contributed by atoms with Gasteiger partial charge in [0.15, 0.2) is 0 Å². The van der Waals surface area contributed by atoms with Gasteiger partial charge in [-0.3, -0.25) is 0 Å². The van der Waals surface area contributed by atoms with Crippen LogP contribution in [0.5, 0.6) is 11.5 Å². The first-order valence-corrected chi connectivity index (χ1v) is 5.82. The van der Waals surface area contributed by atoms with Crippen molar-refractivity contribution < 1.29 is 36.2 Å². The molecule has 0 fully saturated rings. The summed E-state index contributed by atoms with van der Waals surface area (Å²) in [5.74, 6) is -1.17. The molecule has 0 unspecified atom stereocenters. The predicted molar refractivity (Wildman–Crippen MR) is 65.2 cm³/mol. The minimum atomic E-state index is -4.94. The normalized spacial score (nSPS) is 12.3. The van der Waals surface area contributed by atoms with Crippen LogP contribution in [0, 0.1) is 0 Å². The van der Waals surface area contributed by atoms with Crippen LogP contribution in [0.2, 0.25) is 0 Å². The van der Waals surface area contributed by atoms with E-state index in [1.807, 2.05) is 0 Å². The molecule has 0 aliphatic carbocycles. The molecular formula is C14H8F6O2. The molecule has 0 saturated carbocycles. The number of phenols is 1. The van der Waals surface area contributed by atoms with Crippen molar-refractivity contribution in [3.63, 3.8) is 0 Å². The second-order valence-corrected chi connectivity index (χ2v) is 4.34. The maximum absolute atomic E-state index is 12.5. The van der Waals surface area contributed by atoms with Gasteiger partial charge in [-0.25, -0.2) is 0 Å². The zero-order chi connectivity index (χ0) is 16.5. The lowest BCUT2D eigenvalue weighted by molar-refractivity contribution is -0.274. The number of hydrogen-bond donors (Lipinski definition) is 1. The molecule has 2 aromatic rings. The van der Waals surface area contributed by atoms with Gasteiger partial charge < -0.3 is 9.84 Å². The highest BCUT2D eigenvalue weighted by atomic mass is 19.4. The van der Waals surface area contributed by atoms with Crippen molar-refractivity contribution in [3.8, 4) is 22.6 Å². The molecule has 0 atom stereocenters. The summed E-state index contributed by atoms with van der Waals surface area (Å²) < 4.78 is 77.5. The molecule has 0 aliphatic heterocycles. The van der Waals surface area contributed by atoms with E-state index >= 15 is 0 Å². The Morgan fingerprint density at radius 3 is 1.86 bits per heavy atom. The molecule has 8 heteroatoms. The first-order chi connectivity index (χ1) is 10.0. The van der Waals surface area contributed by atoms with E-state index < -0.39 is 29.6 Å². The average Bonchev–Trinajstić information content (AvgIpc) is 2.35. The molecular weight excluding hydrogens is 314 g/mol. The van der Waals surface area contributed by atoms with Crippen molar-refractivity contribution >= 4 is 0 Å². The fourth-order valence-electron chi connectivity index (χ4n) is 1.79. The van der Waals surface area contributed by atoms with Crippen LogP contribution in [0.4, 0.5) is 26.3 Å². The van der Waals surface area contributed by atoms with Crippen molar-refractivity contribution in [1.29, 1.82) is 0 Å². The topological polar surface area (TPSA) is 29.5 Å². The van der Waals surface area contributed by atoms with Gasteiger partial charge in [-0.2, -0.15) is 13.2 Å². The Morgan fingerprint density at radius 1 is 0.773 bits per heavy atom. The van der Waals surface area contributed by atoms with Crippen LogP contribution in [-0.4, -0.2) is 11.5 Å². The summed E-state index contributed by atoms with van der Waals surface area (Å²) in [4.78, 5) is 0. The number of aromatic hydroxyl groups is 1. The number of alkyl halides is 6. The summed E-state index contributed by atoms with van der Waals surface area (Å²) >= 11 is 0. The lowest BCUT2D eigenvalue weighted by Crippen LogP contribution is -2.17. The fraction of sp³-hybridized carbons (Fsp3) is 0.143. The summed E-state index contributed by atoms with van der Waals surface area (Å²) in [5, 5.41) is 9.41.